The number of aryl methyl sites for hydroxylation is 1. The van der Waals surface area contributed by atoms with E-state index >= 15 is 0 Å². The van der Waals surface area contributed by atoms with Gasteiger partial charge in [-0.1, -0.05) is 47.7 Å². The SMILES string of the molecule is COc1ccc(CCN2CN=C(SCc3ccc(C)cc3)NC2)cc1OC. The zero-order chi connectivity index (χ0) is 19.1. The molecule has 0 aliphatic carbocycles. The summed E-state index contributed by atoms with van der Waals surface area (Å²) in [6, 6.07) is 14.8. The molecule has 0 bridgehead atoms. The van der Waals surface area contributed by atoms with Crippen molar-refractivity contribution in [1.29, 1.82) is 0 Å². The first-order valence-corrected chi connectivity index (χ1v) is 10.1. The maximum absolute atomic E-state index is 5.38. The van der Waals surface area contributed by atoms with Crippen LogP contribution in [0.25, 0.3) is 0 Å². The van der Waals surface area contributed by atoms with Crippen molar-refractivity contribution in [2.24, 2.45) is 4.99 Å². The van der Waals surface area contributed by atoms with Crippen LogP contribution in [0.2, 0.25) is 0 Å². The number of hydrogen-bond donors (Lipinski definition) is 1. The second kappa shape index (κ2) is 9.67. The predicted molar refractivity (Wildman–Crippen MR) is 113 cm³/mol. The van der Waals surface area contributed by atoms with Gasteiger partial charge >= 0.3 is 0 Å². The van der Waals surface area contributed by atoms with Crippen molar-refractivity contribution >= 4 is 16.9 Å². The van der Waals surface area contributed by atoms with Crippen LogP contribution in [0.4, 0.5) is 0 Å². The summed E-state index contributed by atoms with van der Waals surface area (Å²) in [6.45, 7) is 4.62. The van der Waals surface area contributed by atoms with Gasteiger partial charge in [0.05, 0.1) is 27.6 Å². The van der Waals surface area contributed by atoms with Gasteiger partial charge in [-0.25, -0.2) is 4.99 Å². The zero-order valence-electron chi connectivity index (χ0n) is 16.2. The average molecular weight is 386 g/mol. The molecule has 1 aliphatic rings. The Bertz CT molecular complexity index is 777. The Morgan fingerprint density at radius 3 is 2.44 bits per heavy atom. The van der Waals surface area contributed by atoms with E-state index < -0.39 is 0 Å². The smallest absolute Gasteiger partial charge is 0.160 e. The fourth-order valence-electron chi connectivity index (χ4n) is 2.86. The molecule has 2 aromatic carbocycles. The predicted octanol–water partition coefficient (Wildman–Crippen LogP) is 3.66. The lowest BCUT2D eigenvalue weighted by atomic mass is 10.1. The molecule has 0 atom stereocenters. The van der Waals surface area contributed by atoms with Gasteiger partial charge in [-0.15, -0.1) is 0 Å². The van der Waals surface area contributed by atoms with Gasteiger partial charge in [-0.2, -0.15) is 0 Å². The van der Waals surface area contributed by atoms with Gasteiger partial charge in [-0.3, -0.25) is 4.90 Å². The highest BCUT2D eigenvalue weighted by molar-refractivity contribution is 8.13. The molecule has 0 amide bonds. The van der Waals surface area contributed by atoms with E-state index in [0.29, 0.717) is 0 Å². The first-order chi connectivity index (χ1) is 13.2. The van der Waals surface area contributed by atoms with Crippen LogP contribution < -0.4 is 14.8 Å². The van der Waals surface area contributed by atoms with Crippen LogP contribution >= 0.6 is 11.8 Å². The maximum atomic E-state index is 5.38. The molecule has 0 unspecified atom stereocenters. The summed E-state index contributed by atoms with van der Waals surface area (Å²) in [5, 5.41) is 4.45. The third-order valence-corrected chi connectivity index (χ3v) is 5.55. The number of aliphatic imine (C=N–C) groups is 1. The summed E-state index contributed by atoms with van der Waals surface area (Å²) in [5.74, 6) is 2.48. The summed E-state index contributed by atoms with van der Waals surface area (Å²) in [4.78, 5) is 6.96. The molecule has 0 saturated heterocycles. The fraction of sp³-hybridized carbons (Fsp3) is 0.381. The number of rotatable bonds is 7. The number of benzene rings is 2. The highest BCUT2D eigenvalue weighted by Crippen LogP contribution is 2.27. The first kappa shape index (κ1) is 19.6. The van der Waals surface area contributed by atoms with Gasteiger partial charge in [0.1, 0.15) is 0 Å². The molecule has 1 heterocycles. The third kappa shape index (κ3) is 5.65. The van der Waals surface area contributed by atoms with Crippen LogP contribution in [0, 0.1) is 6.92 Å². The summed E-state index contributed by atoms with van der Waals surface area (Å²) in [6.07, 6.45) is 0.948. The van der Waals surface area contributed by atoms with E-state index in [-0.39, 0.29) is 0 Å². The Labute approximate surface area is 165 Å². The minimum absolute atomic E-state index is 0.733. The molecule has 0 spiro atoms. The molecule has 3 rings (SSSR count). The minimum Gasteiger partial charge on any atom is -0.493 e. The molecule has 6 heteroatoms. The Hall–Kier alpha value is -2.18. The molecule has 0 radical (unpaired) electrons. The molecule has 0 aromatic heterocycles. The van der Waals surface area contributed by atoms with Crippen LogP contribution in [0.5, 0.6) is 11.5 Å². The van der Waals surface area contributed by atoms with Crippen LogP contribution in [-0.4, -0.2) is 44.2 Å². The lowest BCUT2D eigenvalue weighted by molar-refractivity contribution is 0.270. The van der Waals surface area contributed by atoms with Crippen LogP contribution in [0.1, 0.15) is 16.7 Å². The molecule has 0 fully saturated rings. The highest BCUT2D eigenvalue weighted by atomic mass is 32.2. The summed E-state index contributed by atoms with van der Waals surface area (Å²) < 4.78 is 10.7. The molecule has 1 N–H and O–H groups in total. The molecular weight excluding hydrogens is 358 g/mol. The molecule has 144 valence electrons. The van der Waals surface area contributed by atoms with Crippen molar-refractivity contribution in [3.63, 3.8) is 0 Å². The first-order valence-electron chi connectivity index (χ1n) is 9.08. The molecule has 27 heavy (non-hydrogen) atoms. The van der Waals surface area contributed by atoms with Gasteiger partial charge in [0, 0.05) is 12.3 Å². The second-order valence-electron chi connectivity index (χ2n) is 6.55. The highest BCUT2D eigenvalue weighted by Gasteiger charge is 2.13. The van der Waals surface area contributed by atoms with Crippen molar-refractivity contribution in [2.75, 3.05) is 34.1 Å². The Morgan fingerprint density at radius 1 is 1.04 bits per heavy atom. The number of nitrogens with one attached hydrogen (secondary N) is 1. The summed E-state index contributed by atoms with van der Waals surface area (Å²) in [5.41, 5.74) is 3.85. The van der Waals surface area contributed by atoms with Gasteiger partial charge in [-0.05, 0) is 36.6 Å². The maximum Gasteiger partial charge on any atom is 0.160 e. The van der Waals surface area contributed by atoms with Crippen molar-refractivity contribution < 1.29 is 9.47 Å². The topological polar surface area (TPSA) is 46.1 Å². The molecular formula is C21H27N3O2S. The molecule has 1 aliphatic heterocycles. The van der Waals surface area contributed by atoms with Gasteiger partial charge in [0.15, 0.2) is 16.7 Å². The van der Waals surface area contributed by atoms with Crippen molar-refractivity contribution in [2.45, 2.75) is 19.1 Å². The summed E-state index contributed by atoms with van der Waals surface area (Å²) >= 11 is 1.76. The van der Waals surface area contributed by atoms with E-state index in [1.807, 2.05) is 12.1 Å². The normalized spacial score (nSPS) is 14.4. The number of methoxy groups -OCH3 is 2. The Balaban J connectivity index is 1.45. The number of hydrogen-bond acceptors (Lipinski definition) is 6. The number of ether oxygens (including phenoxy) is 2. The van der Waals surface area contributed by atoms with Gasteiger partial charge in [0.25, 0.3) is 0 Å². The number of nitrogens with zero attached hydrogens (tertiary/aromatic N) is 2. The minimum atomic E-state index is 0.733. The standard InChI is InChI=1S/C21H27N3O2S/c1-16-4-6-18(7-5-16)13-27-21-22-14-24(15-23-21)11-10-17-8-9-19(25-2)20(12-17)26-3/h4-9,12H,10-11,13-15H2,1-3H3,(H,22,23). The van der Waals surface area contributed by atoms with E-state index in [4.69, 9.17) is 9.47 Å². The molecule has 0 saturated carbocycles. The van der Waals surface area contributed by atoms with E-state index in [0.717, 1.165) is 48.7 Å². The number of thioether (sulfide) groups is 1. The van der Waals surface area contributed by atoms with Crippen molar-refractivity contribution in [1.82, 2.24) is 10.2 Å². The Kier molecular flexibility index (Phi) is 7.01. The quantitative estimate of drug-likeness (QED) is 0.788. The van der Waals surface area contributed by atoms with E-state index in [1.165, 1.54) is 16.7 Å². The van der Waals surface area contributed by atoms with Crippen molar-refractivity contribution in [3.05, 3.63) is 59.2 Å². The molecule has 5 nitrogen and oxygen atoms in total. The average Bonchev–Trinajstić information content (AvgIpc) is 2.72. The van der Waals surface area contributed by atoms with Crippen LogP contribution in [-0.2, 0) is 12.2 Å². The molecule has 2 aromatic rings. The number of amidine groups is 1. The van der Waals surface area contributed by atoms with E-state index in [1.54, 1.807) is 26.0 Å². The zero-order valence-corrected chi connectivity index (χ0v) is 17.0. The summed E-state index contributed by atoms with van der Waals surface area (Å²) in [7, 11) is 3.32. The largest absolute Gasteiger partial charge is 0.493 e. The lowest BCUT2D eigenvalue weighted by Crippen LogP contribution is -2.42. The second-order valence-corrected chi connectivity index (χ2v) is 7.51. The third-order valence-electron chi connectivity index (χ3n) is 4.53. The van der Waals surface area contributed by atoms with Gasteiger partial charge in [0.2, 0.25) is 0 Å². The van der Waals surface area contributed by atoms with Gasteiger partial charge < -0.3 is 14.8 Å². The van der Waals surface area contributed by atoms with Crippen molar-refractivity contribution in [3.8, 4) is 11.5 Å². The Morgan fingerprint density at radius 2 is 1.78 bits per heavy atom. The van der Waals surface area contributed by atoms with E-state index in [2.05, 4.69) is 52.5 Å². The lowest BCUT2D eigenvalue weighted by Gasteiger charge is -2.26. The van der Waals surface area contributed by atoms with Crippen LogP contribution in [0.15, 0.2) is 47.5 Å². The van der Waals surface area contributed by atoms with Crippen LogP contribution in [0.3, 0.4) is 0 Å². The monoisotopic (exact) mass is 385 g/mol. The fourth-order valence-corrected chi connectivity index (χ4v) is 3.67. The van der Waals surface area contributed by atoms with E-state index in [9.17, 15) is 0 Å².